The number of guanidine groups is 1. The van der Waals surface area contributed by atoms with Crippen LogP contribution in [0.15, 0.2) is 11.3 Å². The van der Waals surface area contributed by atoms with Crippen molar-refractivity contribution in [2.24, 2.45) is 10.9 Å². The summed E-state index contributed by atoms with van der Waals surface area (Å²) in [5, 5.41) is 11.5. The lowest BCUT2D eigenvalue weighted by atomic mass is 10.00. The van der Waals surface area contributed by atoms with E-state index in [2.05, 4.69) is 45.8 Å². The molecule has 0 saturated carbocycles. The molecule has 0 aliphatic carbocycles. The highest BCUT2D eigenvalue weighted by atomic mass is 127. The van der Waals surface area contributed by atoms with Crippen molar-refractivity contribution in [3.63, 3.8) is 0 Å². The lowest BCUT2D eigenvalue weighted by molar-refractivity contribution is 0.273. The zero-order chi connectivity index (χ0) is 15.1. The van der Waals surface area contributed by atoms with Gasteiger partial charge in [0.15, 0.2) is 5.96 Å². The average Bonchev–Trinajstić information content (AvgIpc) is 2.95. The van der Waals surface area contributed by atoms with Gasteiger partial charge in [0.1, 0.15) is 12.2 Å². The molecule has 1 aromatic heterocycles. The first-order valence-corrected chi connectivity index (χ1v) is 8.14. The van der Waals surface area contributed by atoms with Crippen molar-refractivity contribution in [2.75, 3.05) is 26.2 Å². The van der Waals surface area contributed by atoms with E-state index >= 15 is 0 Å². The summed E-state index contributed by atoms with van der Waals surface area (Å²) in [7, 11) is 0. The summed E-state index contributed by atoms with van der Waals surface area (Å²) in [5.74, 6) is 2.92. The van der Waals surface area contributed by atoms with Gasteiger partial charge in [-0.05, 0) is 25.7 Å². The highest BCUT2D eigenvalue weighted by molar-refractivity contribution is 14.0. The first-order valence-electron chi connectivity index (χ1n) is 8.14. The normalized spacial score (nSPS) is 16.5. The molecule has 1 saturated heterocycles. The maximum atomic E-state index is 4.77. The standard InChI is InChI=1S/C15H28N6.HI/c1-4-14-19-18-12-21(14)11-8-17-15(16-5-2)20-9-6-13(3)7-10-20;/h12-13H,4-11H2,1-3H3,(H,16,17);1H. The van der Waals surface area contributed by atoms with Crippen molar-refractivity contribution in [3.8, 4) is 0 Å². The van der Waals surface area contributed by atoms with Crippen LogP contribution in [0.5, 0.6) is 0 Å². The highest BCUT2D eigenvalue weighted by Crippen LogP contribution is 2.15. The topological polar surface area (TPSA) is 58.3 Å². The van der Waals surface area contributed by atoms with Crippen molar-refractivity contribution >= 4 is 29.9 Å². The molecular weight excluding hydrogens is 391 g/mol. The number of likely N-dealkylation sites (tertiary alicyclic amines) is 1. The van der Waals surface area contributed by atoms with Crippen LogP contribution in [-0.2, 0) is 13.0 Å². The van der Waals surface area contributed by atoms with Crippen LogP contribution in [0.3, 0.4) is 0 Å². The van der Waals surface area contributed by atoms with E-state index in [0.29, 0.717) is 0 Å². The van der Waals surface area contributed by atoms with Crippen molar-refractivity contribution in [1.29, 1.82) is 0 Å². The Morgan fingerprint density at radius 1 is 1.36 bits per heavy atom. The fourth-order valence-electron chi connectivity index (χ4n) is 2.65. The van der Waals surface area contributed by atoms with Crippen LogP contribution in [0, 0.1) is 5.92 Å². The van der Waals surface area contributed by atoms with Crippen molar-refractivity contribution in [1.82, 2.24) is 25.0 Å². The summed E-state index contributed by atoms with van der Waals surface area (Å²) in [6, 6.07) is 0. The predicted molar refractivity (Wildman–Crippen MR) is 101 cm³/mol. The maximum Gasteiger partial charge on any atom is 0.193 e. The number of nitrogens with zero attached hydrogens (tertiary/aromatic N) is 5. The van der Waals surface area contributed by atoms with Gasteiger partial charge in [-0.3, -0.25) is 4.99 Å². The van der Waals surface area contributed by atoms with Gasteiger partial charge in [0.2, 0.25) is 0 Å². The Kier molecular flexibility index (Phi) is 8.74. The summed E-state index contributed by atoms with van der Waals surface area (Å²) < 4.78 is 2.09. The fraction of sp³-hybridized carbons (Fsp3) is 0.800. The zero-order valence-electron chi connectivity index (χ0n) is 14.0. The molecule has 2 rings (SSSR count). The smallest absolute Gasteiger partial charge is 0.193 e. The van der Waals surface area contributed by atoms with Gasteiger partial charge in [-0.25, -0.2) is 0 Å². The number of hydrogen-bond acceptors (Lipinski definition) is 3. The second kappa shape index (κ2) is 10.0. The van der Waals surface area contributed by atoms with E-state index in [0.717, 1.165) is 56.8 Å². The Bertz CT molecular complexity index is 451. The van der Waals surface area contributed by atoms with Gasteiger partial charge in [0, 0.05) is 32.6 Å². The van der Waals surface area contributed by atoms with Crippen LogP contribution in [0.4, 0.5) is 0 Å². The molecule has 22 heavy (non-hydrogen) atoms. The molecular formula is C15H29IN6. The van der Waals surface area contributed by atoms with E-state index in [9.17, 15) is 0 Å². The number of aliphatic imine (C=N–C) groups is 1. The van der Waals surface area contributed by atoms with E-state index < -0.39 is 0 Å². The predicted octanol–water partition coefficient (Wildman–Crippen LogP) is 2.16. The lowest BCUT2D eigenvalue weighted by Crippen LogP contribution is -2.45. The minimum absolute atomic E-state index is 0. The molecule has 0 bridgehead atoms. The molecule has 1 aliphatic rings. The Morgan fingerprint density at radius 2 is 2.09 bits per heavy atom. The largest absolute Gasteiger partial charge is 0.357 e. The van der Waals surface area contributed by atoms with Gasteiger partial charge < -0.3 is 14.8 Å². The Hall–Kier alpha value is -0.860. The first-order chi connectivity index (χ1) is 10.2. The molecule has 1 N–H and O–H groups in total. The molecule has 1 aromatic rings. The summed E-state index contributed by atoms with van der Waals surface area (Å²) in [6.45, 7) is 11.3. The molecule has 1 aliphatic heterocycles. The number of rotatable bonds is 5. The quantitative estimate of drug-likeness (QED) is 0.451. The van der Waals surface area contributed by atoms with E-state index in [1.165, 1.54) is 12.8 Å². The minimum Gasteiger partial charge on any atom is -0.357 e. The average molecular weight is 420 g/mol. The van der Waals surface area contributed by atoms with Crippen LogP contribution in [-0.4, -0.2) is 51.8 Å². The number of halogens is 1. The third-order valence-electron chi connectivity index (χ3n) is 4.03. The lowest BCUT2D eigenvalue weighted by Gasteiger charge is -2.33. The molecule has 7 heteroatoms. The Labute approximate surface area is 150 Å². The number of aromatic nitrogens is 3. The fourth-order valence-corrected chi connectivity index (χ4v) is 2.65. The SMILES string of the molecule is CCNC(=NCCn1cnnc1CC)N1CCC(C)CC1.I. The second-order valence-corrected chi connectivity index (χ2v) is 5.70. The van der Waals surface area contributed by atoms with Gasteiger partial charge in [-0.15, -0.1) is 34.2 Å². The minimum atomic E-state index is 0. The molecule has 0 radical (unpaired) electrons. The number of hydrogen-bond donors (Lipinski definition) is 1. The van der Waals surface area contributed by atoms with Crippen LogP contribution in [0.1, 0.15) is 39.4 Å². The number of piperidine rings is 1. The van der Waals surface area contributed by atoms with Crippen molar-refractivity contribution in [3.05, 3.63) is 12.2 Å². The molecule has 0 spiro atoms. The van der Waals surface area contributed by atoms with E-state index in [4.69, 9.17) is 4.99 Å². The van der Waals surface area contributed by atoms with Gasteiger partial charge in [0.25, 0.3) is 0 Å². The van der Waals surface area contributed by atoms with Gasteiger partial charge in [-0.2, -0.15) is 0 Å². The summed E-state index contributed by atoms with van der Waals surface area (Å²) in [4.78, 5) is 7.15. The summed E-state index contributed by atoms with van der Waals surface area (Å²) >= 11 is 0. The van der Waals surface area contributed by atoms with E-state index in [1.807, 2.05) is 0 Å². The first kappa shape index (κ1) is 19.2. The van der Waals surface area contributed by atoms with E-state index in [1.54, 1.807) is 6.33 Å². The monoisotopic (exact) mass is 420 g/mol. The molecule has 0 amide bonds. The summed E-state index contributed by atoms with van der Waals surface area (Å²) in [5.41, 5.74) is 0. The Balaban J connectivity index is 0.00000242. The highest BCUT2D eigenvalue weighted by Gasteiger charge is 2.18. The molecule has 0 atom stereocenters. The van der Waals surface area contributed by atoms with Crippen LogP contribution < -0.4 is 5.32 Å². The molecule has 126 valence electrons. The summed E-state index contributed by atoms with van der Waals surface area (Å²) in [6.07, 6.45) is 5.23. The molecule has 0 aromatic carbocycles. The number of nitrogens with one attached hydrogen (secondary N) is 1. The van der Waals surface area contributed by atoms with Crippen molar-refractivity contribution in [2.45, 2.75) is 46.6 Å². The zero-order valence-corrected chi connectivity index (χ0v) is 16.3. The third-order valence-corrected chi connectivity index (χ3v) is 4.03. The van der Waals surface area contributed by atoms with Gasteiger partial charge in [0.05, 0.1) is 6.54 Å². The second-order valence-electron chi connectivity index (χ2n) is 5.70. The van der Waals surface area contributed by atoms with Crippen molar-refractivity contribution < 1.29 is 0 Å². The van der Waals surface area contributed by atoms with E-state index in [-0.39, 0.29) is 24.0 Å². The molecule has 0 unspecified atom stereocenters. The third kappa shape index (κ3) is 5.40. The van der Waals surface area contributed by atoms with Crippen LogP contribution >= 0.6 is 24.0 Å². The van der Waals surface area contributed by atoms with Gasteiger partial charge in [-0.1, -0.05) is 13.8 Å². The number of aryl methyl sites for hydroxylation is 1. The van der Waals surface area contributed by atoms with Gasteiger partial charge >= 0.3 is 0 Å². The molecule has 2 heterocycles. The van der Waals surface area contributed by atoms with Crippen LogP contribution in [0.25, 0.3) is 0 Å². The Morgan fingerprint density at radius 3 is 2.73 bits per heavy atom. The molecule has 1 fully saturated rings. The maximum absolute atomic E-state index is 4.77. The van der Waals surface area contributed by atoms with Crippen LogP contribution in [0.2, 0.25) is 0 Å². The molecule has 6 nitrogen and oxygen atoms in total.